The Bertz CT molecular complexity index is 709. The Morgan fingerprint density at radius 2 is 1.96 bits per heavy atom. The molecule has 2 aromatic rings. The van der Waals surface area contributed by atoms with E-state index in [1.54, 1.807) is 0 Å². The van der Waals surface area contributed by atoms with Crippen LogP contribution in [0.25, 0.3) is 11.5 Å². The topological polar surface area (TPSA) is 68.5 Å². The standard InChI is InChI=1S/C17H21N3O3S/c1-11-6-4-5-7-14(11)16-18-19-17(23-16)24-10-15(21)20-8-12(2)22-13(3)9-20/h4-7,12-13H,8-10H2,1-3H3. The van der Waals surface area contributed by atoms with Crippen molar-refractivity contribution < 1.29 is 13.9 Å². The molecule has 0 N–H and O–H groups in total. The van der Waals surface area contributed by atoms with Crippen molar-refractivity contribution in [2.75, 3.05) is 18.8 Å². The van der Waals surface area contributed by atoms with Crippen LogP contribution in [-0.2, 0) is 9.53 Å². The lowest BCUT2D eigenvalue weighted by atomic mass is 10.1. The lowest BCUT2D eigenvalue weighted by Gasteiger charge is -2.35. The summed E-state index contributed by atoms with van der Waals surface area (Å²) in [5, 5.41) is 8.52. The van der Waals surface area contributed by atoms with E-state index < -0.39 is 0 Å². The van der Waals surface area contributed by atoms with Gasteiger partial charge in [0.25, 0.3) is 5.22 Å². The average Bonchev–Trinajstić information content (AvgIpc) is 3.01. The fourth-order valence-electron chi connectivity index (χ4n) is 2.79. The molecule has 128 valence electrons. The summed E-state index contributed by atoms with van der Waals surface area (Å²) in [6.07, 6.45) is 0.137. The van der Waals surface area contributed by atoms with Crippen LogP contribution < -0.4 is 0 Å². The van der Waals surface area contributed by atoms with Crippen molar-refractivity contribution in [3.8, 4) is 11.5 Å². The molecule has 6 nitrogen and oxygen atoms in total. The molecule has 1 aromatic heterocycles. The SMILES string of the molecule is Cc1ccccc1-c1nnc(SCC(=O)N2CC(C)OC(C)C2)o1. The number of carbonyl (C=O) groups is 1. The molecule has 0 aliphatic carbocycles. The van der Waals surface area contributed by atoms with Crippen LogP contribution in [0.5, 0.6) is 0 Å². The number of aryl methyl sites for hydroxylation is 1. The molecule has 1 aliphatic rings. The van der Waals surface area contributed by atoms with Crippen molar-refractivity contribution in [1.29, 1.82) is 0 Å². The third-order valence-corrected chi connectivity index (χ3v) is 4.68. The highest BCUT2D eigenvalue weighted by Gasteiger charge is 2.26. The van der Waals surface area contributed by atoms with E-state index in [1.165, 1.54) is 11.8 Å². The zero-order valence-electron chi connectivity index (χ0n) is 14.1. The monoisotopic (exact) mass is 347 g/mol. The van der Waals surface area contributed by atoms with Crippen LogP contribution in [0.4, 0.5) is 0 Å². The molecule has 1 saturated heterocycles. The van der Waals surface area contributed by atoms with E-state index in [2.05, 4.69) is 10.2 Å². The normalized spacial score (nSPS) is 21.0. The Hall–Kier alpha value is -1.86. The zero-order valence-corrected chi connectivity index (χ0v) is 14.9. The lowest BCUT2D eigenvalue weighted by molar-refractivity contribution is -0.140. The second-order valence-corrected chi connectivity index (χ2v) is 6.96. The van der Waals surface area contributed by atoms with Crippen LogP contribution in [0.3, 0.4) is 0 Å². The fraction of sp³-hybridized carbons (Fsp3) is 0.471. The highest BCUT2D eigenvalue weighted by Crippen LogP contribution is 2.25. The van der Waals surface area contributed by atoms with E-state index in [4.69, 9.17) is 9.15 Å². The molecule has 0 radical (unpaired) electrons. The fourth-order valence-corrected chi connectivity index (χ4v) is 3.45. The van der Waals surface area contributed by atoms with E-state index >= 15 is 0 Å². The Morgan fingerprint density at radius 1 is 1.25 bits per heavy atom. The quantitative estimate of drug-likeness (QED) is 0.792. The van der Waals surface area contributed by atoms with Crippen molar-refractivity contribution in [1.82, 2.24) is 15.1 Å². The van der Waals surface area contributed by atoms with E-state index in [1.807, 2.05) is 49.9 Å². The van der Waals surface area contributed by atoms with Crippen LogP contribution in [0.1, 0.15) is 19.4 Å². The summed E-state index contributed by atoms with van der Waals surface area (Å²) >= 11 is 1.27. The van der Waals surface area contributed by atoms with Gasteiger partial charge >= 0.3 is 0 Å². The first kappa shape index (κ1) is 17.0. The van der Waals surface area contributed by atoms with Crippen LogP contribution >= 0.6 is 11.8 Å². The molecule has 1 aliphatic heterocycles. The summed E-state index contributed by atoms with van der Waals surface area (Å²) in [5.74, 6) is 0.837. The van der Waals surface area contributed by atoms with Crippen molar-refractivity contribution >= 4 is 17.7 Å². The molecule has 2 atom stereocenters. The third kappa shape index (κ3) is 3.96. The molecule has 0 bridgehead atoms. The number of thioether (sulfide) groups is 1. The number of morpholine rings is 1. The minimum Gasteiger partial charge on any atom is -0.411 e. The van der Waals surface area contributed by atoms with Gasteiger partial charge in [0.05, 0.1) is 18.0 Å². The molecule has 1 amide bonds. The summed E-state index contributed by atoms with van der Waals surface area (Å²) < 4.78 is 11.3. The largest absolute Gasteiger partial charge is 0.411 e. The van der Waals surface area contributed by atoms with E-state index in [-0.39, 0.29) is 23.9 Å². The van der Waals surface area contributed by atoms with Gasteiger partial charge in [0, 0.05) is 18.7 Å². The third-order valence-electron chi connectivity index (χ3n) is 3.87. The molecule has 1 aromatic carbocycles. The van der Waals surface area contributed by atoms with Gasteiger partial charge in [-0.2, -0.15) is 0 Å². The Balaban J connectivity index is 1.59. The zero-order chi connectivity index (χ0) is 17.1. The van der Waals surface area contributed by atoms with Crippen molar-refractivity contribution in [2.45, 2.75) is 38.2 Å². The maximum Gasteiger partial charge on any atom is 0.277 e. The second kappa shape index (κ2) is 7.36. The van der Waals surface area contributed by atoms with E-state index in [9.17, 15) is 4.79 Å². The first-order valence-corrected chi connectivity index (χ1v) is 8.97. The molecule has 0 spiro atoms. The number of hydrogen-bond donors (Lipinski definition) is 0. The Labute approximate surface area is 145 Å². The predicted octanol–water partition coefficient (Wildman–Crippen LogP) is 2.77. The summed E-state index contributed by atoms with van der Waals surface area (Å²) in [5.41, 5.74) is 1.99. The molecular formula is C17H21N3O3S. The summed E-state index contributed by atoms with van der Waals surface area (Å²) in [4.78, 5) is 14.2. The number of hydrogen-bond acceptors (Lipinski definition) is 6. The van der Waals surface area contributed by atoms with Gasteiger partial charge in [0.1, 0.15) is 0 Å². The summed E-state index contributed by atoms with van der Waals surface area (Å²) in [6.45, 7) is 7.21. The van der Waals surface area contributed by atoms with Crippen LogP contribution in [0.2, 0.25) is 0 Å². The van der Waals surface area contributed by atoms with Gasteiger partial charge in [-0.1, -0.05) is 30.0 Å². The smallest absolute Gasteiger partial charge is 0.277 e. The van der Waals surface area contributed by atoms with Gasteiger partial charge in [0.15, 0.2) is 0 Å². The van der Waals surface area contributed by atoms with Crippen LogP contribution in [0, 0.1) is 6.92 Å². The average molecular weight is 347 g/mol. The molecule has 3 rings (SSSR count). The number of aromatic nitrogens is 2. The highest BCUT2D eigenvalue weighted by molar-refractivity contribution is 7.99. The van der Waals surface area contributed by atoms with Gasteiger partial charge in [-0.25, -0.2) is 0 Å². The van der Waals surface area contributed by atoms with Gasteiger partial charge in [-0.05, 0) is 32.4 Å². The summed E-state index contributed by atoms with van der Waals surface area (Å²) in [7, 11) is 0. The van der Waals surface area contributed by atoms with Gasteiger partial charge in [0.2, 0.25) is 11.8 Å². The van der Waals surface area contributed by atoms with E-state index in [0.29, 0.717) is 24.2 Å². The van der Waals surface area contributed by atoms with Gasteiger partial charge in [-0.15, -0.1) is 10.2 Å². The molecule has 2 heterocycles. The molecule has 24 heavy (non-hydrogen) atoms. The Morgan fingerprint density at radius 3 is 2.67 bits per heavy atom. The molecule has 0 saturated carbocycles. The number of amides is 1. The molecule has 2 unspecified atom stereocenters. The number of nitrogens with zero attached hydrogens (tertiary/aromatic N) is 3. The number of rotatable bonds is 4. The predicted molar refractivity (Wildman–Crippen MR) is 91.8 cm³/mol. The summed E-state index contributed by atoms with van der Waals surface area (Å²) in [6, 6.07) is 7.84. The highest BCUT2D eigenvalue weighted by atomic mass is 32.2. The van der Waals surface area contributed by atoms with Crippen molar-refractivity contribution in [3.63, 3.8) is 0 Å². The minimum atomic E-state index is 0.0673. The van der Waals surface area contributed by atoms with Crippen molar-refractivity contribution in [3.05, 3.63) is 29.8 Å². The minimum absolute atomic E-state index is 0.0673. The van der Waals surface area contributed by atoms with Crippen LogP contribution in [0.15, 0.2) is 33.9 Å². The first-order valence-electron chi connectivity index (χ1n) is 7.98. The number of ether oxygens (including phenoxy) is 1. The number of carbonyl (C=O) groups excluding carboxylic acids is 1. The molecule has 1 fully saturated rings. The van der Waals surface area contributed by atoms with E-state index in [0.717, 1.165) is 11.1 Å². The van der Waals surface area contributed by atoms with Crippen molar-refractivity contribution in [2.24, 2.45) is 0 Å². The first-order chi connectivity index (χ1) is 11.5. The number of benzene rings is 1. The van der Waals surface area contributed by atoms with Crippen LogP contribution in [-0.4, -0.2) is 52.1 Å². The van der Waals surface area contributed by atoms with Gasteiger partial charge in [-0.3, -0.25) is 4.79 Å². The molecule has 7 heteroatoms. The van der Waals surface area contributed by atoms with Gasteiger partial charge < -0.3 is 14.1 Å². The second-order valence-electron chi connectivity index (χ2n) is 6.03. The lowest BCUT2D eigenvalue weighted by Crippen LogP contribution is -2.48. The maximum atomic E-state index is 12.4. The maximum absolute atomic E-state index is 12.4. The Kier molecular flexibility index (Phi) is 5.20. The molecular weight excluding hydrogens is 326 g/mol.